The highest BCUT2D eigenvalue weighted by Gasteiger charge is 2.45. The van der Waals surface area contributed by atoms with Gasteiger partial charge in [0.05, 0.1) is 5.56 Å². The molecule has 1 aliphatic rings. The molecule has 0 atom stereocenters. The fourth-order valence-corrected chi connectivity index (χ4v) is 3.93. The molecule has 1 aliphatic heterocycles. The Morgan fingerprint density at radius 2 is 1.68 bits per heavy atom. The molecular formula is C19H29NO2. The van der Waals surface area contributed by atoms with Crippen molar-refractivity contribution in [3.63, 3.8) is 0 Å². The number of carbonyl (C=O) groups is 1. The minimum atomic E-state index is -0.207. The lowest BCUT2D eigenvalue weighted by Gasteiger charge is -2.55. The average molecular weight is 303 g/mol. The number of hydrogen-bond donors (Lipinski definition) is 0. The van der Waals surface area contributed by atoms with Gasteiger partial charge >= 0.3 is 5.97 Å². The van der Waals surface area contributed by atoms with E-state index in [4.69, 9.17) is 4.74 Å². The van der Waals surface area contributed by atoms with Gasteiger partial charge in [-0.25, -0.2) is 4.79 Å². The number of nitrogens with zero attached hydrogens (tertiary/aromatic N) is 1. The molecule has 22 heavy (non-hydrogen) atoms. The quantitative estimate of drug-likeness (QED) is 0.778. The van der Waals surface area contributed by atoms with E-state index in [9.17, 15) is 4.79 Å². The molecule has 1 fully saturated rings. The van der Waals surface area contributed by atoms with Gasteiger partial charge < -0.3 is 4.74 Å². The molecule has 1 saturated heterocycles. The zero-order valence-electron chi connectivity index (χ0n) is 14.6. The van der Waals surface area contributed by atoms with E-state index < -0.39 is 0 Å². The Labute approximate surface area is 134 Å². The zero-order valence-corrected chi connectivity index (χ0v) is 14.6. The van der Waals surface area contributed by atoms with E-state index in [2.05, 4.69) is 39.5 Å². The summed E-state index contributed by atoms with van der Waals surface area (Å²) in [5, 5.41) is 0. The second-order valence-corrected chi connectivity index (χ2v) is 7.58. The lowest BCUT2D eigenvalue weighted by atomic mass is 9.78. The Morgan fingerprint density at radius 3 is 2.18 bits per heavy atom. The van der Waals surface area contributed by atoms with Crippen molar-refractivity contribution < 1.29 is 9.53 Å². The summed E-state index contributed by atoms with van der Waals surface area (Å²) in [5.74, 6) is -0.207. The summed E-state index contributed by atoms with van der Waals surface area (Å²) in [4.78, 5) is 14.9. The van der Waals surface area contributed by atoms with Crippen molar-refractivity contribution in [1.82, 2.24) is 4.90 Å². The molecule has 0 radical (unpaired) electrons. The minimum absolute atomic E-state index is 0.0224. The van der Waals surface area contributed by atoms with Gasteiger partial charge in [0.15, 0.2) is 0 Å². The third-order valence-corrected chi connectivity index (χ3v) is 4.65. The maximum Gasteiger partial charge on any atom is 0.338 e. The van der Waals surface area contributed by atoms with Crippen LogP contribution in [0.3, 0.4) is 0 Å². The first kappa shape index (κ1) is 17.0. The van der Waals surface area contributed by atoms with Crippen molar-refractivity contribution in [2.24, 2.45) is 0 Å². The molecule has 3 nitrogen and oxygen atoms in total. The van der Waals surface area contributed by atoms with Gasteiger partial charge in [0.2, 0.25) is 0 Å². The van der Waals surface area contributed by atoms with Gasteiger partial charge in [-0.2, -0.15) is 0 Å². The first-order chi connectivity index (χ1) is 10.3. The minimum Gasteiger partial charge on any atom is -0.459 e. The number of hydrogen-bond acceptors (Lipinski definition) is 3. The van der Waals surface area contributed by atoms with E-state index in [0.717, 1.165) is 25.8 Å². The Hall–Kier alpha value is -1.35. The summed E-state index contributed by atoms with van der Waals surface area (Å²) in [7, 11) is 0. The van der Waals surface area contributed by atoms with Crippen molar-refractivity contribution in [3.05, 3.63) is 35.9 Å². The second kappa shape index (κ2) is 6.41. The van der Waals surface area contributed by atoms with Crippen LogP contribution in [0.5, 0.6) is 0 Å². The average Bonchev–Trinajstić information content (AvgIpc) is 2.43. The van der Waals surface area contributed by atoms with Crippen molar-refractivity contribution in [2.75, 3.05) is 6.54 Å². The standard InChI is InChI=1S/C19H29NO2/c1-6-12-20-18(2,3)13-16(14-19(20,4)5)22-17(21)15-10-8-7-9-11-15/h7-11,16H,6,12-14H2,1-5H3. The molecule has 122 valence electrons. The number of likely N-dealkylation sites (tertiary alicyclic amines) is 1. The summed E-state index contributed by atoms with van der Waals surface area (Å²) in [6.45, 7) is 12.3. The highest BCUT2D eigenvalue weighted by Crippen LogP contribution is 2.39. The lowest BCUT2D eigenvalue weighted by molar-refractivity contribution is -0.0868. The van der Waals surface area contributed by atoms with E-state index in [1.54, 1.807) is 0 Å². The van der Waals surface area contributed by atoms with Crippen LogP contribution in [0.25, 0.3) is 0 Å². The van der Waals surface area contributed by atoms with Gasteiger partial charge in [0.25, 0.3) is 0 Å². The van der Waals surface area contributed by atoms with Crippen LogP contribution in [0.1, 0.15) is 64.2 Å². The van der Waals surface area contributed by atoms with E-state index >= 15 is 0 Å². The number of ether oxygens (including phenoxy) is 1. The van der Waals surface area contributed by atoms with E-state index in [1.165, 1.54) is 0 Å². The second-order valence-electron chi connectivity index (χ2n) is 7.58. The molecule has 1 aromatic carbocycles. The fourth-order valence-electron chi connectivity index (χ4n) is 3.93. The molecule has 0 N–H and O–H groups in total. The number of piperidine rings is 1. The maximum absolute atomic E-state index is 12.3. The fraction of sp³-hybridized carbons (Fsp3) is 0.632. The first-order valence-corrected chi connectivity index (χ1v) is 8.30. The Kier molecular flexibility index (Phi) is 4.96. The summed E-state index contributed by atoms with van der Waals surface area (Å²) < 4.78 is 5.81. The number of carbonyl (C=O) groups excluding carboxylic acids is 1. The van der Waals surface area contributed by atoms with Gasteiger partial charge in [0, 0.05) is 23.9 Å². The van der Waals surface area contributed by atoms with Crippen molar-refractivity contribution in [1.29, 1.82) is 0 Å². The molecule has 3 heteroatoms. The molecular weight excluding hydrogens is 274 g/mol. The van der Waals surface area contributed by atoms with Crippen molar-refractivity contribution >= 4 is 5.97 Å². The largest absolute Gasteiger partial charge is 0.459 e. The summed E-state index contributed by atoms with van der Waals surface area (Å²) in [6, 6.07) is 9.27. The molecule has 2 rings (SSSR count). The van der Waals surface area contributed by atoms with E-state index in [1.807, 2.05) is 30.3 Å². The van der Waals surface area contributed by atoms with Gasteiger partial charge in [-0.05, 0) is 52.8 Å². The SMILES string of the molecule is CCCN1C(C)(C)CC(OC(=O)c2ccccc2)CC1(C)C. The molecule has 0 aliphatic carbocycles. The smallest absolute Gasteiger partial charge is 0.338 e. The Morgan fingerprint density at radius 1 is 1.14 bits per heavy atom. The van der Waals surface area contributed by atoms with Crippen LogP contribution >= 0.6 is 0 Å². The topological polar surface area (TPSA) is 29.5 Å². The van der Waals surface area contributed by atoms with Gasteiger partial charge in [-0.3, -0.25) is 4.90 Å². The first-order valence-electron chi connectivity index (χ1n) is 8.30. The monoisotopic (exact) mass is 303 g/mol. The van der Waals surface area contributed by atoms with Gasteiger partial charge in [0.1, 0.15) is 6.10 Å². The zero-order chi connectivity index (χ0) is 16.4. The Bertz CT molecular complexity index is 489. The molecule has 0 saturated carbocycles. The van der Waals surface area contributed by atoms with Crippen LogP contribution in [0.15, 0.2) is 30.3 Å². The summed E-state index contributed by atoms with van der Waals surface area (Å²) in [6.07, 6.45) is 2.89. The van der Waals surface area contributed by atoms with Crippen molar-refractivity contribution in [2.45, 2.75) is 71.1 Å². The Balaban J connectivity index is 2.10. The van der Waals surface area contributed by atoms with Crippen molar-refractivity contribution in [3.8, 4) is 0 Å². The van der Waals surface area contributed by atoms with E-state index in [-0.39, 0.29) is 23.2 Å². The molecule has 1 aromatic rings. The maximum atomic E-state index is 12.3. The van der Waals surface area contributed by atoms with E-state index in [0.29, 0.717) is 5.56 Å². The van der Waals surface area contributed by atoms with Crippen LogP contribution in [0.2, 0.25) is 0 Å². The third kappa shape index (κ3) is 3.70. The molecule has 1 heterocycles. The summed E-state index contributed by atoms with van der Waals surface area (Å²) in [5.41, 5.74) is 0.716. The molecule has 0 spiro atoms. The number of benzene rings is 1. The van der Waals surface area contributed by atoms with Crippen LogP contribution in [0.4, 0.5) is 0 Å². The third-order valence-electron chi connectivity index (χ3n) is 4.65. The normalized spacial score (nSPS) is 21.5. The molecule has 0 unspecified atom stereocenters. The summed E-state index contributed by atoms with van der Waals surface area (Å²) >= 11 is 0. The predicted octanol–water partition coefficient (Wildman–Crippen LogP) is 4.28. The van der Waals surface area contributed by atoms with Gasteiger partial charge in [-0.1, -0.05) is 25.1 Å². The number of esters is 1. The van der Waals surface area contributed by atoms with Crippen LogP contribution in [-0.4, -0.2) is 34.6 Å². The van der Waals surface area contributed by atoms with Crippen LogP contribution in [-0.2, 0) is 4.74 Å². The predicted molar refractivity (Wildman–Crippen MR) is 90.0 cm³/mol. The van der Waals surface area contributed by atoms with Gasteiger partial charge in [-0.15, -0.1) is 0 Å². The lowest BCUT2D eigenvalue weighted by Crippen LogP contribution is -2.62. The molecule has 0 bridgehead atoms. The number of rotatable bonds is 4. The molecule has 0 amide bonds. The van der Waals surface area contributed by atoms with Crippen LogP contribution in [0, 0.1) is 0 Å². The highest BCUT2D eigenvalue weighted by molar-refractivity contribution is 5.89. The highest BCUT2D eigenvalue weighted by atomic mass is 16.5. The van der Waals surface area contributed by atoms with Crippen LogP contribution < -0.4 is 0 Å². The molecule has 0 aromatic heterocycles.